The normalized spacial score (nSPS) is 11.7. The van der Waals surface area contributed by atoms with Gasteiger partial charge in [-0.15, -0.1) is 13.2 Å². The number of ether oxygens (including phenoxy) is 2. The monoisotopic (exact) mass is 413 g/mol. The number of nitrogens with zero attached hydrogens (tertiary/aromatic N) is 3. The minimum atomic E-state index is -5.05. The Bertz CT molecular complexity index is 1080. The van der Waals surface area contributed by atoms with Crippen LogP contribution in [0.2, 0.25) is 0 Å². The Kier molecular flexibility index (Phi) is 5.31. The predicted molar refractivity (Wildman–Crippen MR) is 91.2 cm³/mol. The highest BCUT2D eigenvalue weighted by molar-refractivity contribution is 5.95. The molecule has 1 aromatic carbocycles. The van der Waals surface area contributed by atoms with Gasteiger partial charge in [0.1, 0.15) is 5.56 Å². The Balaban J connectivity index is 1.99. The third-order valence-corrected chi connectivity index (χ3v) is 4.02. The van der Waals surface area contributed by atoms with Crippen molar-refractivity contribution in [2.75, 3.05) is 6.61 Å². The van der Waals surface area contributed by atoms with Gasteiger partial charge >= 0.3 is 12.3 Å². The minimum Gasteiger partial charge on any atom is -0.493 e. The molecule has 0 fully saturated rings. The van der Waals surface area contributed by atoms with Crippen molar-refractivity contribution in [2.24, 2.45) is 0 Å². The smallest absolute Gasteiger partial charge is 0.493 e. The van der Waals surface area contributed by atoms with Crippen molar-refractivity contribution < 1.29 is 36.9 Å². The van der Waals surface area contributed by atoms with Crippen LogP contribution in [0.25, 0.3) is 5.65 Å². The number of aromatic hydroxyl groups is 1. The zero-order valence-electron chi connectivity index (χ0n) is 15.2. The van der Waals surface area contributed by atoms with E-state index >= 15 is 0 Å². The van der Waals surface area contributed by atoms with E-state index in [2.05, 4.69) is 14.8 Å². The highest BCUT2D eigenvalue weighted by Crippen LogP contribution is 2.30. The van der Waals surface area contributed by atoms with Gasteiger partial charge in [0, 0.05) is 17.7 Å². The number of alkyl halides is 3. The van der Waals surface area contributed by atoms with E-state index in [4.69, 9.17) is 4.74 Å². The average Bonchev–Trinajstić information content (AvgIpc) is 3.04. The van der Waals surface area contributed by atoms with Gasteiger partial charge in [-0.1, -0.05) is 6.07 Å². The summed E-state index contributed by atoms with van der Waals surface area (Å²) in [5, 5.41) is 14.5. The molecular formula is C18H15F4N3O4. The van der Waals surface area contributed by atoms with Crippen molar-refractivity contribution in [1.82, 2.24) is 14.6 Å². The van der Waals surface area contributed by atoms with Gasteiger partial charge in [0.15, 0.2) is 17.2 Å². The molecule has 0 bridgehead atoms. The molecule has 11 heteroatoms. The van der Waals surface area contributed by atoms with Crippen LogP contribution in [0.1, 0.15) is 34.1 Å². The van der Waals surface area contributed by atoms with E-state index < -0.39 is 23.9 Å². The topological polar surface area (TPSA) is 86.0 Å². The van der Waals surface area contributed by atoms with Gasteiger partial charge in [-0.3, -0.25) is 0 Å². The van der Waals surface area contributed by atoms with E-state index in [0.717, 1.165) is 16.6 Å². The van der Waals surface area contributed by atoms with Crippen LogP contribution in [-0.4, -0.2) is 38.6 Å². The lowest BCUT2D eigenvalue weighted by molar-refractivity contribution is -0.275. The molecule has 0 aliphatic rings. The number of rotatable bonds is 5. The fourth-order valence-electron chi connectivity index (χ4n) is 2.75. The van der Waals surface area contributed by atoms with E-state index in [0.29, 0.717) is 5.69 Å². The molecule has 0 saturated heterocycles. The minimum absolute atomic E-state index is 0.0550. The molecule has 0 spiro atoms. The first-order valence-corrected chi connectivity index (χ1v) is 8.38. The lowest BCUT2D eigenvalue weighted by atomic mass is 10.0. The molecule has 0 aliphatic carbocycles. The van der Waals surface area contributed by atoms with Gasteiger partial charge in [0.05, 0.1) is 12.8 Å². The van der Waals surface area contributed by atoms with Crippen molar-refractivity contribution in [2.45, 2.75) is 26.6 Å². The average molecular weight is 413 g/mol. The Labute approximate surface area is 161 Å². The van der Waals surface area contributed by atoms with Gasteiger partial charge in [-0.2, -0.15) is 9.61 Å². The van der Waals surface area contributed by atoms with Crippen molar-refractivity contribution >= 4 is 11.6 Å². The van der Waals surface area contributed by atoms with Gasteiger partial charge < -0.3 is 14.6 Å². The number of carbonyl (C=O) groups is 1. The van der Waals surface area contributed by atoms with E-state index in [1.54, 1.807) is 13.8 Å². The Morgan fingerprint density at radius 3 is 2.69 bits per heavy atom. The molecule has 0 amide bonds. The lowest BCUT2D eigenvalue weighted by Crippen LogP contribution is -2.18. The van der Waals surface area contributed by atoms with E-state index in [9.17, 15) is 27.5 Å². The summed E-state index contributed by atoms with van der Waals surface area (Å²) >= 11 is 0. The number of fused-ring (bicyclic) bond motifs is 1. The Morgan fingerprint density at radius 1 is 1.31 bits per heavy atom. The number of aryl methyl sites for hydroxylation is 1. The number of esters is 1. The zero-order valence-corrected chi connectivity index (χ0v) is 15.2. The molecule has 7 nitrogen and oxygen atoms in total. The highest BCUT2D eigenvalue weighted by Gasteiger charge is 2.32. The van der Waals surface area contributed by atoms with Crippen molar-refractivity contribution in [3.05, 3.63) is 52.6 Å². The molecule has 2 heterocycles. The number of hydrogen-bond donors (Lipinski definition) is 1. The first-order valence-electron chi connectivity index (χ1n) is 8.38. The molecule has 29 heavy (non-hydrogen) atoms. The van der Waals surface area contributed by atoms with Gasteiger partial charge in [0.25, 0.3) is 0 Å². The molecule has 0 radical (unpaired) electrons. The number of halogens is 4. The SMILES string of the molecule is CCOC(=O)c1cnn2c(O)c(Cc3ccc(F)c(OC(F)(F)F)c3)c(C)nc12. The molecular weight excluding hydrogens is 398 g/mol. The quantitative estimate of drug-likeness (QED) is 0.509. The molecule has 0 atom stereocenters. The second kappa shape index (κ2) is 7.57. The summed E-state index contributed by atoms with van der Waals surface area (Å²) in [5.74, 6) is -3.17. The number of hydrogen-bond acceptors (Lipinski definition) is 6. The van der Waals surface area contributed by atoms with E-state index in [-0.39, 0.29) is 41.2 Å². The molecule has 2 aromatic heterocycles. The molecule has 0 saturated carbocycles. The van der Waals surface area contributed by atoms with Crippen molar-refractivity contribution in [3.63, 3.8) is 0 Å². The molecule has 0 aliphatic heterocycles. The maximum atomic E-state index is 13.6. The zero-order chi connectivity index (χ0) is 21.3. The molecule has 0 unspecified atom stereocenters. The van der Waals surface area contributed by atoms with Crippen LogP contribution in [0.3, 0.4) is 0 Å². The number of benzene rings is 1. The Morgan fingerprint density at radius 2 is 2.03 bits per heavy atom. The van der Waals surface area contributed by atoms with Gasteiger partial charge in [0.2, 0.25) is 5.88 Å². The molecule has 3 aromatic rings. The van der Waals surface area contributed by atoms with Crippen molar-refractivity contribution in [3.8, 4) is 11.6 Å². The molecule has 154 valence electrons. The summed E-state index contributed by atoms with van der Waals surface area (Å²) in [7, 11) is 0. The maximum absolute atomic E-state index is 13.6. The fourth-order valence-corrected chi connectivity index (χ4v) is 2.75. The lowest BCUT2D eigenvalue weighted by Gasteiger charge is -2.13. The summed E-state index contributed by atoms with van der Waals surface area (Å²) in [4.78, 5) is 16.2. The van der Waals surface area contributed by atoms with Crippen LogP contribution >= 0.6 is 0 Å². The standard InChI is InChI=1S/C18H15F4N3O4/c1-3-28-17(27)12-8-23-25-15(12)24-9(2)11(16(25)26)6-10-4-5-13(19)14(7-10)29-18(20,21)22/h4-5,7-8,26H,3,6H2,1-2H3. The summed E-state index contributed by atoms with van der Waals surface area (Å²) in [5.41, 5.74) is 0.911. The Hall–Kier alpha value is -3.37. The fraction of sp³-hybridized carbons (Fsp3) is 0.278. The summed E-state index contributed by atoms with van der Waals surface area (Å²) in [6.45, 7) is 3.33. The van der Waals surface area contributed by atoms with E-state index in [1.165, 1.54) is 12.3 Å². The first-order chi connectivity index (χ1) is 13.6. The van der Waals surface area contributed by atoms with Crippen LogP contribution in [0.5, 0.6) is 11.6 Å². The van der Waals surface area contributed by atoms with E-state index in [1.807, 2.05) is 0 Å². The summed E-state index contributed by atoms with van der Waals surface area (Å²) in [6.07, 6.45) is -3.93. The van der Waals surface area contributed by atoms with Gasteiger partial charge in [-0.05, 0) is 31.5 Å². The second-order valence-electron chi connectivity index (χ2n) is 6.00. The van der Waals surface area contributed by atoms with Crippen LogP contribution in [0.4, 0.5) is 17.6 Å². The van der Waals surface area contributed by atoms with Crippen molar-refractivity contribution in [1.29, 1.82) is 0 Å². The first kappa shape index (κ1) is 20.4. The summed E-state index contributed by atoms with van der Waals surface area (Å²) in [6, 6.07) is 2.98. The van der Waals surface area contributed by atoms with Crippen LogP contribution in [-0.2, 0) is 11.2 Å². The number of aromatic nitrogens is 3. The third kappa shape index (κ3) is 4.23. The molecule has 3 rings (SSSR count). The van der Waals surface area contributed by atoms with Gasteiger partial charge in [-0.25, -0.2) is 14.2 Å². The summed E-state index contributed by atoms with van der Waals surface area (Å²) < 4.78 is 60.5. The largest absolute Gasteiger partial charge is 0.573 e. The van der Waals surface area contributed by atoms with Crippen LogP contribution in [0.15, 0.2) is 24.4 Å². The maximum Gasteiger partial charge on any atom is 0.573 e. The van der Waals surface area contributed by atoms with Crippen LogP contribution in [0, 0.1) is 12.7 Å². The number of carbonyl (C=O) groups excluding carboxylic acids is 1. The highest BCUT2D eigenvalue weighted by atomic mass is 19.4. The molecule has 1 N–H and O–H groups in total. The second-order valence-corrected chi connectivity index (χ2v) is 6.00. The van der Waals surface area contributed by atoms with Crippen LogP contribution < -0.4 is 4.74 Å². The third-order valence-electron chi connectivity index (χ3n) is 4.02. The predicted octanol–water partition coefficient (Wildman–Crippen LogP) is 3.55.